The molecule has 2 rings (SSSR count). The highest BCUT2D eigenvalue weighted by Gasteiger charge is 2.07. The van der Waals surface area contributed by atoms with Crippen LogP contribution in [0.15, 0.2) is 29.1 Å². The van der Waals surface area contributed by atoms with Crippen LogP contribution in [0.5, 0.6) is 0 Å². The van der Waals surface area contributed by atoms with Crippen LogP contribution in [0.4, 0.5) is 4.39 Å². The highest BCUT2D eigenvalue weighted by atomic mass is 19.1. The van der Waals surface area contributed by atoms with Crippen molar-refractivity contribution in [2.75, 3.05) is 20.3 Å². The molecule has 2 N–H and O–H groups in total. The molecule has 112 valence electrons. The first kappa shape index (κ1) is 15.2. The number of aryl methyl sites for hydroxylation is 1. The van der Waals surface area contributed by atoms with E-state index < -0.39 is 5.82 Å². The fourth-order valence-corrected chi connectivity index (χ4v) is 2.03. The first-order valence-electron chi connectivity index (χ1n) is 6.67. The number of rotatable bonds is 6. The summed E-state index contributed by atoms with van der Waals surface area (Å²) in [6, 6.07) is 5.90. The molecule has 6 heteroatoms. The molecule has 0 bridgehead atoms. The molecule has 0 unspecified atom stereocenters. The maximum Gasteiger partial charge on any atom is 0.251 e. The molecule has 1 aromatic heterocycles. The normalized spacial score (nSPS) is 10.8. The van der Waals surface area contributed by atoms with Crippen molar-refractivity contribution in [3.63, 3.8) is 0 Å². The monoisotopic (exact) mass is 292 g/mol. The second kappa shape index (κ2) is 6.99. The quantitative estimate of drug-likeness (QED) is 0.790. The summed E-state index contributed by atoms with van der Waals surface area (Å²) in [4.78, 5) is 26.1. The van der Waals surface area contributed by atoms with Gasteiger partial charge in [0.25, 0.3) is 5.56 Å². The Hall–Kier alpha value is -2.21. The van der Waals surface area contributed by atoms with Crippen molar-refractivity contribution < 1.29 is 13.9 Å². The average molecular weight is 292 g/mol. The number of fused-ring (bicyclic) bond motifs is 1. The number of nitrogens with one attached hydrogen (secondary N) is 2. The number of ether oxygens (including phenoxy) is 1. The van der Waals surface area contributed by atoms with Gasteiger partial charge in [0, 0.05) is 25.6 Å². The van der Waals surface area contributed by atoms with Crippen molar-refractivity contribution in [2.24, 2.45) is 0 Å². The number of H-pyrrole nitrogens is 1. The largest absolute Gasteiger partial charge is 0.383 e. The van der Waals surface area contributed by atoms with Crippen LogP contribution >= 0.6 is 0 Å². The number of carbonyl (C=O) groups excluding carboxylic acids is 1. The zero-order chi connectivity index (χ0) is 15.2. The highest BCUT2D eigenvalue weighted by molar-refractivity contribution is 5.79. The minimum absolute atomic E-state index is 0.134. The molecule has 0 spiro atoms. The van der Waals surface area contributed by atoms with Gasteiger partial charge in [-0.05, 0) is 36.1 Å². The van der Waals surface area contributed by atoms with Crippen molar-refractivity contribution in [3.05, 3.63) is 46.0 Å². The van der Waals surface area contributed by atoms with Crippen LogP contribution in [0.2, 0.25) is 0 Å². The molecule has 1 aromatic carbocycles. The molecule has 1 heterocycles. The van der Waals surface area contributed by atoms with Gasteiger partial charge >= 0.3 is 0 Å². The number of hydrogen-bond acceptors (Lipinski definition) is 3. The molecule has 21 heavy (non-hydrogen) atoms. The van der Waals surface area contributed by atoms with E-state index in [4.69, 9.17) is 4.74 Å². The van der Waals surface area contributed by atoms with E-state index in [1.807, 2.05) is 0 Å². The molecular weight excluding hydrogens is 275 g/mol. The number of hydrogen-bond donors (Lipinski definition) is 2. The van der Waals surface area contributed by atoms with Crippen LogP contribution in [-0.2, 0) is 16.0 Å². The van der Waals surface area contributed by atoms with Gasteiger partial charge in [-0.1, -0.05) is 0 Å². The topological polar surface area (TPSA) is 71.2 Å². The minimum Gasteiger partial charge on any atom is -0.383 e. The number of aromatic nitrogens is 1. The lowest BCUT2D eigenvalue weighted by Crippen LogP contribution is -2.27. The Balaban J connectivity index is 2.05. The van der Waals surface area contributed by atoms with Crippen LogP contribution in [0.3, 0.4) is 0 Å². The predicted molar refractivity (Wildman–Crippen MR) is 77.7 cm³/mol. The van der Waals surface area contributed by atoms with Gasteiger partial charge in [0.1, 0.15) is 5.82 Å². The maximum atomic E-state index is 13.1. The smallest absolute Gasteiger partial charge is 0.251 e. The summed E-state index contributed by atoms with van der Waals surface area (Å²) in [5.74, 6) is -0.533. The Morgan fingerprint density at radius 2 is 2.19 bits per heavy atom. The highest BCUT2D eigenvalue weighted by Crippen LogP contribution is 2.13. The molecule has 0 radical (unpaired) electrons. The molecule has 0 aliphatic rings. The molecular formula is C15H17FN2O3. The number of aromatic amines is 1. The van der Waals surface area contributed by atoms with Crippen molar-refractivity contribution in [1.82, 2.24) is 10.3 Å². The molecule has 0 atom stereocenters. The summed E-state index contributed by atoms with van der Waals surface area (Å²) in [6.45, 7) is 0.899. The first-order valence-corrected chi connectivity index (χ1v) is 6.67. The van der Waals surface area contributed by atoms with Crippen molar-refractivity contribution in [2.45, 2.75) is 12.8 Å². The number of benzene rings is 1. The molecule has 0 aliphatic carbocycles. The van der Waals surface area contributed by atoms with Gasteiger partial charge in [-0.25, -0.2) is 4.39 Å². The molecule has 1 amide bonds. The van der Waals surface area contributed by atoms with E-state index in [2.05, 4.69) is 10.3 Å². The number of methoxy groups -OCH3 is 1. The number of carbonyl (C=O) groups is 1. The van der Waals surface area contributed by atoms with E-state index >= 15 is 0 Å². The fourth-order valence-electron chi connectivity index (χ4n) is 2.03. The van der Waals surface area contributed by atoms with Gasteiger partial charge in [-0.15, -0.1) is 0 Å². The van der Waals surface area contributed by atoms with E-state index in [9.17, 15) is 14.0 Å². The Bertz CT molecular complexity index is 697. The first-order chi connectivity index (χ1) is 10.1. The summed E-state index contributed by atoms with van der Waals surface area (Å²) in [6.07, 6.45) is 0.557. The van der Waals surface area contributed by atoms with E-state index in [-0.39, 0.29) is 17.9 Å². The zero-order valence-electron chi connectivity index (χ0n) is 11.7. The van der Waals surface area contributed by atoms with Gasteiger partial charge in [0.2, 0.25) is 5.91 Å². The second-order valence-electron chi connectivity index (χ2n) is 4.70. The Morgan fingerprint density at radius 3 is 2.95 bits per heavy atom. The van der Waals surface area contributed by atoms with Crippen molar-refractivity contribution in [3.8, 4) is 0 Å². The minimum atomic E-state index is -0.400. The summed E-state index contributed by atoms with van der Waals surface area (Å²) < 4.78 is 17.9. The lowest BCUT2D eigenvalue weighted by molar-refractivity contribution is -0.121. The van der Waals surface area contributed by atoms with Crippen molar-refractivity contribution >= 4 is 16.8 Å². The third-order valence-corrected chi connectivity index (χ3v) is 3.13. The summed E-state index contributed by atoms with van der Waals surface area (Å²) in [5, 5.41) is 3.43. The lowest BCUT2D eigenvalue weighted by Gasteiger charge is -2.05. The van der Waals surface area contributed by atoms with Gasteiger partial charge < -0.3 is 15.0 Å². The molecule has 0 saturated carbocycles. The fraction of sp³-hybridized carbons (Fsp3) is 0.333. The average Bonchev–Trinajstić information content (AvgIpc) is 2.45. The zero-order valence-corrected chi connectivity index (χ0v) is 11.7. The SMILES string of the molecule is COCCNC(=O)CCc1cc2ccc(F)cc2[nH]c1=O. The third kappa shape index (κ3) is 4.13. The van der Waals surface area contributed by atoms with Crippen LogP contribution in [0, 0.1) is 5.82 Å². The Kier molecular flexibility index (Phi) is 5.05. The van der Waals surface area contributed by atoms with E-state index in [0.717, 1.165) is 5.39 Å². The van der Waals surface area contributed by atoms with Crippen molar-refractivity contribution in [1.29, 1.82) is 0 Å². The van der Waals surface area contributed by atoms with E-state index in [1.54, 1.807) is 19.2 Å². The Morgan fingerprint density at radius 1 is 1.38 bits per heavy atom. The third-order valence-electron chi connectivity index (χ3n) is 3.13. The van der Waals surface area contributed by atoms with Gasteiger partial charge in [0.15, 0.2) is 0 Å². The molecule has 0 saturated heterocycles. The van der Waals surface area contributed by atoms with Crippen LogP contribution in [-0.4, -0.2) is 31.2 Å². The summed E-state index contributed by atoms with van der Waals surface area (Å²) >= 11 is 0. The second-order valence-corrected chi connectivity index (χ2v) is 4.70. The van der Waals surface area contributed by atoms with Crippen LogP contribution in [0.1, 0.15) is 12.0 Å². The Labute approximate surface area is 121 Å². The maximum absolute atomic E-state index is 13.1. The van der Waals surface area contributed by atoms with Gasteiger partial charge in [-0.3, -0.25) is 9.59 Å². The predicted octanol–water partition coefficient (Wildman–Crippen LogP) is 1.36. The van der Waals surface area contributed by atoms with Gasteiger partial charge in [0.05, 0.1) is 12.1 Å². The molecule has 5 nitrogen and oxygen atoms in total. The summed E-state index contributed by atoms with van der Waals surface area (Å²) in [7, 11) is 1.56. The molecule has 0 aliphatic heterocycles. The van der Waals surface area contributed by atoms with Gasteiger partial charge in [-0.2, -0.15) is 0 Å². The number of amides is 1. The molecule has 0 fully saturated rings. The number of halogens is 1. The summed E-state index contributed by atoms with van der Waals surface area (Å²) in [5.41, 5.74) is 0.669. The lowest BCUT2D eigenvalue weighted by atomic mass is 10.1. The molecule has 2 aromatic rings. The number of pyridine rings is 1. The van der Waals surface area contributed by atoms with Crippen LogP contribution < -0.4 is 10.9 Å². The van der Waals surface area contributed by atoms with E-state index in [1.165, 1.54) is 12.1 Å². The van der Waals surface area contributed by atoms with Crippen LogP contribution in [0.25, 0.3) is 10.9 Å². The van der Waals surface area contributed by atoms with E-state index in [0.29, 0.717) is 30.7 Å². The standard InChI is InChI=1S/C15H17FN2O3/c1-21-7-6-17-14(19)5-3-11-8-10-2-4-12(16)9-13(10)18-15(11)20/h2,4,8-9H,3,5-7H2,1H3,(H,17,19)(H,18,20).